The number of nitrogens with zero attached hydrogens (tertiary/aromatic N) is 2. The number of rotatable bonds is 7. The Morgan fingerprint density at radius 1 is 1.33 bits per heavy atom. The summed E-state index contributed by atoms with van der Waals surface area (Å²) in [6.07, 6.45) is 0.389. The van der Waals surface area contributed by atoms with Gasteiger partial charge in [0.25, 0.3) is 5.91 Å². The van der Waals surface area contributed by atoms with E-state index in [0.717, 1.165) is 12.8 Å². The highest BCUT2D eigenvalue weighted by atomic mass is 16.7. The molecule has 8 heteroatoms. The molecule has 0 spiro atoms. The highest BCUT2D eigenvalue weighted by molar-refractivity contribution is 5.96. The summed E-state index contributed by atoms with van der Waals surface area (Å²) >= 11 is 0. The van der Waals surface area contributed by atoms with Crippen LogP contribution in [0.4, 0.5) is 4.79 Å². The number of nitrogens with one attached hydrogen (secondary N) is 2. The SMILES string of the molecule is CCCCNC(=O)c1nc2ccccc2n1NC(=O)OC(C)OC. The third-order valence-electron chi connectivity index (χ3n) is 3.39. The monoisotopic (exact) mass is 334 g/mol. The van der Waals surface area contributed by atoms with E-state index in [-0.39, 0.29) is 11.7 Å². The van der Waals surface area contributed by atoms with Crippen molar-refractivity contribution >= 4 is 23.0 Å². The molecule has 8 nitrogen and oxygen atoms in total. The second-order valence-corrected chi connectivity index (χ2v) is 5.19. The summed E-state index contributed by atoms with van der Waals surface area (Å²) < 4.78 is 11.2. The van der Waals surface area contributed by atoms with Crippen molar-refractivity contribution in [3.05, 3.63) is 30.1 Å². The van der Waals surface area contributed by atoms with E-state index in [0.29, 0.717) is 17.6 Å². The lowest BCUT2D eigenvalue weighted by Crippen LogP contribution is -2.33. The van der Waals surface area contributed by atoms with Crippen molar-refractivity contribution < 1.29 is 19.1 Å². The van der Waals surface area contributed by atoms with Gasteiger partial charge in [0.2, 0.25) is 12.1 Å². The van der Waals surface area contributed by atoms with E-state index in [2.05, 4.69) is 15.7 Å². The molecule has 2 aromatic rings. The summed E-state index contributed by atoms with van der Waals surface area (Å²) in [5, 5.41) is 2.79. The lowest BCUT2D eigenvalue weighted by molar-refractivity contribution is -0.0637. The van der Waals surface area contributed by atoms with Gasteiger partial charge in [-0.3, -0.25) is 4.79 Å². The van der Waals surface area contributed by atoms with Crippen LogP contribution >= 0.6 is 0 Å². The van der Waals surface area contributed by atoms with Gasteiger partial charge in [-0.1, -0.05) is 25.5 Å². The number of imidazole rings is 1. The number of carbonyl (C=O) groups excluding carboxylic acids is 2. The van der Waals surface area contributed by atoms with Crippen molar-refractivity contribution in [3.8, 4) is 0 Å². The number of carbonyl (C=O) groups is 2. The Labute approximate surface area is 140 Å². The van der Waals surface area contributed by atoms with Crippen LogP contribution in [-0.4, -0.2) is 41.6 Å². The highest BCUT2D eigenvalue weighted by Gasteiger charge is 2.20. The normalized spacial score (nSPS) is 12.0. The molecule has 130 valence electrons. The zero-order valence-corrected chi connectivity index (χ0v) is 14.0. The molecular formula is C16H22N4O4. The summed E-state index contributed by atoms with van der Waals surface area (Å²) in [5.74, 6) is -0.269. The van der Waals surface area contributed by atoms with Crippen LogP contribution in [0.3, 0.4) is 0 Å². The van der Waals surface area contributed by atoms with Gasteiger partial charge in [-0.05, 0) is 25.5 Å². The molecular weight excluding hydrogens is 312 g/mol. The fraction of sp³-hybridized carbons (Fsp3) is 0.438. The largest absolute Gasteiger partial charge is 0.428 e. The molecule has 0 fully saturated rings. The number of hydrogen-bond donors (Lipinski definition) is 2. The number of ether oxygens (including phenoxy) is 2. The summed E-state index contributed by atoms with van der Waals surface area (Å²) in [6, 6.07) is 7.12. The molecule has 1 unspecified atom stereocenters. The van der Waals surface area contributed by atoms with E-state index < -0.39 is 12.4 Å². The van der Waals surface area contributed by atoms with Crippen LogP contribution in [0.25, 0.3) is 11.0 Å². The van der Waals surface area contributed by atoms with Crippen LogP contribution < -0.4 is 10.7 Å². The van der Waals surface area contributed by atoms with Crippen LogP contribution in [0.2, 0.25) is 0 Å². The number of unbranched alkanes of at least 4 members (excludes halogenated alkanes) is 1. The quantitative estimate of drug-likeness (QED) is 0.598. The number of aromatic nitrogens is 2. The molecule has 1 aromatic carbocycles. The molecule has 2 N–H and O–H groups in total. The predicted octanol–water partition coefficient (Wildman–Crippen LogP) is 2.24. The Bertz CT molecular complexity index is 713. The minimum absolute atomic E-state index is 0.0920. The maximum atomic E-state index is 12.4. The molecule has 24 heavy (non-hydrogen) atoms. The summed E-state index contributed by atoms with van der Waals surface area (Å²) in [6.45, 7) is 4.17. The predicted molar refractivity (Wildman–Crippen MR) is 89.3 cm³/mol. The molecule has 1 heterocycles. The van der Waals surface area contributed by atoms with Gasteiger partial charge in [-0.25, -0.2) is 19.9 Å². The van der Waals surface area contributed by atoms with E-state index >= 15 is 0 Å². The van der Waals surface area contributed by atoms with E-state index in [1.54, 1.807) is 25.1 Å². The van der Waals surface area contributed by atoms with Gasteiger partial charge in [-0.2, -0.15) is 0 Å². The zero-order chi connectivity index (χ0) is 17.5. The van der Waals surface area contributed by atoms with Crippen LogP contribution in [0.1, 0.15) is 37.3 Å². The van der Waals surface area contributed by atoms with Gasteiger partial charge < -0.3 is 14.8 Å². The van der Waals surface area contributed by atoms with Crippen molar-refractivity contribution in [1.29, 1.82) is 0 Å². The third-order valence-corrected chi connectivity index (χ3v) is 3.39. The molecule has 0 bridgehead atoms. The first kappa shape index (κ1) is 17.7. The fourth-order valence-corrected chi connectivity index (χ4v) is 2.07. The standard InChI is InChI=1S/C16H22N4O4/c1-4-5-10-17-15(21)14-18-12-8-6-7-9-13(12)20(14)19-16(22)24-11(2)23-3/h6-9,11H,4-5,10H2,1-3H3,(H,17,21)(H,19,22). The van der Waals surface area contributed by atoms with Gasteiger partial charge in [-0.15, -0.1) is 0 Å². The minimum atomic E-state index is -0.741. The number of amides is 2. The van der Waals surface area contributed by atoms with E-state index in [1.807, 2.05) is 13.0 Å². The van der Waals surface area contributed by atoms with Crippen molar-refractivity contribution in [1.82, 2.24) is 15.0 Å². The summed E-state index contributed by atoms with van der Waals surface area (Å²) in [7, 11) is 1.43. The Morgan fingerprint density at radius 3 is 2.79 bits per heavy atom. The van der Waals surface area contributed by atoms with Crippen molar-refractivity contribution in [2.24, 2.45) is 0 Å². The van der Waals surface area contributed by atoms with Crippen molar-refractivity contribution in [3.63, 3.8) is 0 Å². The third kappa shape index (κ3) is 4.23. The van der Waals surface area contributed by atoms with Crippen molar-refractivity contribution in [2.45, 2.75) is 33.0 Å². The van der Waals surface area contributed by atoms with E-state index in [4.69, 9.17) is 9.47 Å². The first-order valence-electron chi connectivity index (χ1n) is 7.83. The zero-order valence-electron chi connectivity index (χ0n) is 14.0. The average molecular weight is 334 g/mol. The van der Waals surface area contributed by atoms with Crippen LogP contribution in [0.5, 0.6) is 0 Å². The topological polar surface area (TPSA) is 94.5 Å². The molecule has 0 aliphatic heterocycles. The number of benzene rings is 1. The van der Waals surface area contributed by atoms with Gasteiger partial charge in [0.05, 0.1) is 11.0 Å². The molecule has 0 saturated carbocycles. The molecule has 1 atom stereocenters. The molecule has 1 aromatic heterocycles. The average Bonchev–Trinajstić information content (AvgIpc) is 2.93. The van der Waals surface area contributed by atoms with Crippen LogP contribution in [0.15, 0.2) is 24.3 Å². The minimum Gasteiger partial charge on any atom is -0.419 e. The Hall–Kier alpha value is -2.61. The maximum Gasteiger partial charge on any atom is 0.428 e. The lowest BCUT2D eigenvalue weighted by atomic mass is 10.3. The molecule has 0 saturated heterocycles. The van der Waals surface area contributed by atoms with Crippen LogP contribution in [0, 0.1) is 0 Å². The maximum absolute atomic E-state index is 12.4. The van der Waals surface area contributed by atoms with Crippen LogP contribution in [-0.2, 0) is 9.47 Å². The Morgan fingerprint density at radius 2 is 2.08 bits per heavy atom. The molecule has 2 amide bonds. The second-order valence-electron chi connectivity index (χ2n) is 5.19. The first-order valence-corrected chi connectivity index (χ1v) is 7.83. The van der Waals surface area contributed by atoms with E-state index in [1.165, 1.54) is 11.8 Å². The fourth-order valence-electron chi connectivity index (χ4n) is 2.07. The number of para-hydroxylation sites is 2. The van der Waals surface area contributed by atoms with E-state index in [9.17, 15) is 9.59 Å². The van der Waals surface area contributed by atoms with Gasteiger partial charge in [0.15, 0.2) is 0 Å². The van der Waals surface area contributed by atoms with Crippen molar-refractivity contribution in [2.75, 3.05) is 19.1 Å². The van der Waals surface area contributed by atoms with Gasteiger partial charge in [0, 0.05) is 13.7 Å². The molecule has 0 aliphatic carbocycles. The Balaban J connectivity index is 2.26. The lowest BCUT2D eigenvalue weighted by Gasteiger charge is -2.14. The van der Waals surface area contributed by atoms with Gasteiger partial charge >= 0.3 is 6.09 Å². The Kier molecular flexibility index (Phi) is 6.14. The molecule has 0 radical (unpaired) electrons. The molecule has 0 aliphatic rings. The number of methoxy groups -OCH3 is 1. The highest BCUT2D eigenvalue weighted by Crippen LogP contribution is 2.14. The second kappa shape index (κ2) is 8.30. The smallest absolute Gasteiger partial charge is 0.419 e. The first-order chi connectivity index (χ1) is 11.6. The molecule has 2 rings (SSSR count). The van der Waals surface area contributed by atoms with Gasteiger partial charge in [0.1, 0.15) is 0 Å². The summed E-state index contributed by atoms with van der Waals surface area (Å²) in [5.41, 5.74) is 3.72. The number of fused-ring (bicyclic) bond motifs is 1. The number of hydrogen-bond acceptors (Lipinski definition) is 5. The summed E-state index contributed by atoms with van der Waals surface area (Å²) in [4.78, 5) is 28.6.